The van der Waals surface area contributed by atoms with Crippen LogP contribution >= 0.6 is 0 Å². The molecule has 3 atom stereocenters. The highest BCUT2D eigenvalue weighted by atomic mass is 16.5. The van der Waals surface area contributed by atoms with Crippen LogP contribution < -0.4 is 5.32 Å². The van der Waals surface area contributed by atoms with Gasteiger partial charge in [-0.05, 0) is 43.4 Å². The van der Waals surface area contributed by atoms with Crippen molar-refractivity contribution in [2.24, 2.45) is 17.8 Å². The fraction of sp³-hybridized carbons (Fsp3) is 0.933. The van der Waals surface area contributed by atoms with Crippen LogP contribution in [0.1, 0.15) is 52.4 Å². The summed E-state index contributed by atoms with van der Waals surface area (Å²) in [6.07, 6.45) is 8.04. The summed E-state index contributed by atoms with van der Waals surface area (Å²) in [6, 6.07) is 0.369. The molecular formula is C15H27NO2. The summed E-state index contributed by atoms with van der Waals surface area (Å²) in [4.78, 5) is 11.8. The normalized spacial score (nSPS) is 30.2. The number of esters is 1. The molecule has 0 aromatic heterocycles. The van der Waals surface area contributed by atoms with Gasteiger partial charge in [0.1, 0.15) is 6.04 Å². The second-order valence-electron chi connectivity index (χ2n) is 6.37. The van der Waals surface area contributed by atoms with Gasteiger partial charge in [-0.25, -0.2) is 0 Å². The van der Waals surface area contributed by atoms with Crippen LogP contribution in [0.4, 0.5) is 0 Å². The van der Waals surface area contributed by atoms with Crippen molar-refractivity contribution in [3.8, 4) is 0 Å². The van der Waals surface area contributed by atoms with E-state index in [1.165, 1.54) is 45.6 Å². The molecule has 2 unspecified atom stereocenters. The van der Waals surface area contributed by atoms with E-state index in [-0.39, 0.29) is 12.0 Å². The Morgan fingerprint density at radius 2 is 1.89 bits per heavy atom. The van der Waals surface area contributed by atoms with Gasteiger partial charge < -0.3 is 10.1 Å². The van der Waals surface area contributed by atoms with Crippen molar-refractivity contribution in [3.05, 3.63) is 0 Å². The maximum absolute atomic E-state index is 11.8. The molecule has 0 amide bonds. The molecule has 18 heavy (non-hydrogen) atoms. The van der Waals surface area contributed by atoms with E-state index in [9.17, 15) is 4.79 Å². The fourth-order valence-electron chi connectivity index (χ4n) is 3.29. The van der Waals surface area contributed by atoms with Crippen molar-refractivity contribution in [1.82, 2.24) is 5.32 Å². The third-order valence-electron chi connectivity index (χ3n) is 4.54. The summed E-state index contributed by atoms with van der Waals surface area (Å²) in [5.41, 5.74) is 0. The number of carbonyl (C=O) groups is 1. The summed E-state index contributed by atoms with van der Waals surface area (Å²) in [5.74, 6) is 2.07. The Bertz CT molecular complexity index is 286. The number of nitrogens with one attached hydrogen (secondary N) is 1. The van der Waals surface area contributed by atoms with Crippen LogP contribution in [0.2, 0.25) is 0 Å². The zero-order valence-electron chi connectivity index (χ0n) is 11.9. The minimum atomic E-state index is -0.141. The first kappa shape index (κ1) is 13.9. The molecule has 2 fully saturated rings. The highest BCUT2D eigenvalue weighted by molar-refractivity contribution is 5.75. The number of rotatable bonds is 5. The van der Waals surface area contributed by atoms with Gasteiger partial charge in [0.2, 0.25) is 0 Å². The molecular weight excluding hydrogens is 226 g/mol. The smallest absolute Gasteiger partial charge is 0.323 e. The number of ether oxygens (including phenoxy) is 1. The quantitative estimate of drug-likeness (QED) is 0.766. The van der Waals surface area contributed by atoms with Crippen LogP contribution in [0.25, 0.3) is 0 Å². The van der Waals surface area contributed by atoms with Gasteiger partial charge in [0, 0.05) is 6.04 Å². The average Bonchev–Trinajstić information content (AvgIpc) is 3.19. The minimum Gasteiger partial charge on any atom is -0.468 e. The van der Waals surface area contributed by atoms with Gasteiger partial charge in [0.15, 0.2) is 0 Å². The zero-order valence-corrected chi connectivity index (χ0v) is 11.9. The molecule has 0 aromatic rings. The lowest BCUT2D eigenvalue weighted by Crippen LogP contribution is -2.48. The van der Waals surface area contributed by atoms with Gasteiger partial charge in [-0.15, -0.1) is 0 Å². The number of hydrogen-bond acceptors (Lipinski definition) is 3. The highest BCUT2D eigenvalue weighted by Gasteiger charge is 2.36. The lowest BCUT2D eigenvalue weighted by atomic mass is 9.82. The number of hydrogen-bond donors (Lipinski definition) is 1. The van der Waals surface area contributed by atoms with Crippen molar-refractivity contribution < 1.29 is 9.53 Å². The SMILES string of the molecule is COC(=O)[C@@H](NC1CCCC(C2CC2)C1)C(C)C. The van der Waals surface area contributed by atoms with Crippen molar-refractivity contribution in [3.63, 3.8) is 0 Å². The summed E-state index contributed by atoms with van der Waals surface area (Å²) < 4.78 is 4.90. The second kappa shape index (κ2) is 6.05. The first-order chi connectivity index (χ1) is 8.61. The standard InChI is InChI=1S/C15H27NO2/c1-10(2)14(15(17)18-3)16-13-6-4-5-12(9-13)11-7-8-11/h10-14,16H,4-9H2,1-3H3/t12?,13?,14-/m0/s1. The lowest BCUT2D eigenvalue weighted by molar-refractivity contribution is -0.144. The second-order valence-corrected chi connectivity index (χ2v) is 6.37. The van der Waals surface area contributed by atoms with Crippen LogP contribution in [0.15, 0.2) is 0 Å². The third kappa shape index (κ3) is 3.47. The Kier molecular flexibility index (Phi) is 4.66. The Balaban J connectivity index is 1.87. The highest BCUT2D eigenvalue weighted by Crippen LogP contribution is 2.43. The van der Waals surface area contributed by atoms with E-state index >= 15 is 0 Å². The van der Waals surface area contributed by atoms with Gasteiger partial charge in [-0.1, -0.05) is 26.7 Å². The van der Waals surface area contributed by atoms with Gasteiger partial charge in [-0.3, -0.25) is 4.79 Å². The Hall–Kier alpha value is -0.570. The molecule has 3 nitrogen and oxygen atoms in total. The molecule has 0 aromatic carbocycles. The van der Waals surface area contributed by atoms with E-state index in [4.69, 9.17) is 4.74 Å². The molecule has 2 saturated carbocycles. The minimum absolute atomic E-state index is 0.112. The largest absolute Gasteiger partial charge is 0.468 e. The molecule has 0 heterocycles. The molecule has 0 aliphatic heterocycles. The first-order valence-corrected chi connectivity index (χ1v) is 7.45. The van der Waals surface area contributed by atoms with Gasteiger partial charge >= 0.3 is 5.97 Å². The topological polar surface area (TPSA) is 38.3 Å². The molecule has 2 aliphatic carbocycles. The molecule has 104 valence electrons. The predicted molar refractivity (Wildman–Crippen MR) is 72.2 cm³/mol. The Morgan fingerprint density at radius 3 is 2.44 bits per heavy atom. The van der Waals surface area contributed by atoms with Crippen LogP contribution in [-0.4, -0.2) is 25.2 Å². The maximum atomic E-state index is 11.8. The maximum Gasteiger partial charge on any atom is 0.323 e. The van der Waals surface area contributed by atoms with E-state index in [2.05, 4.69) is 19.2 Å². The Labute approximate surface area is 111 Å². The van der Waals surface area contributed by atoms with Gasteiger partial charge in [0.25, 0.3) is 0 Å². The van der Waals surface area contributed by atoms with Crippen LogP contribution in [-0.2, 0) is 9.53 Å². The predicted octanol–water partition coefficient (Wildman–Crippen LogP) is 2.74. The monoisotopic (exact) mass is 253 g/mol. The molecule has 0 spiro atoms. The summed E-state index contributed by atoms with van der Waals surface area (Å²) in [6.45, 7) is 4.16. The van der Waals surface area contributed by atoms with Crippen molar-refractivity contribution in [1.29, 1.82) is 0 Å². The van der Waals surface area contributed by atoms with Crippen molar-refractivity contribution in [2.75, 3.05) is 7.11 Å². The van der Waals surface area contributed by atoms with Crippen LogP contribution in [0, 0.1) is 17.8 Å². The molecule has 3 heteroatoms. The van der Waals surface area contributed by atoms with E-state index in [1.54, 1.807) is 0 Å². The number of carbonyl (C=O) groups excluding carboxylic acids is 1. The first-order valence-electron chi connectivity index (χ1n) is 7.45. The van der Waals surface area contributed by atoms with E-state index in [0.29, 0.717) is 12.0 Å². The van der Waals surface area contributed by atoms with Crippen molar-refractivity contribution >= 4 is 5.97 Å². The zero-order chi connectivity index (χ0) is 13.1. The van der Waals surface area contributed by atoms with E-state index in [0.717, 1.165) is 11.8 Å². The molecule has 2 rings (SSSR count). The lowest BCUT2D eigenvalue weighted by Gasteiger charge is -2.33. The molecule has 0 radical (unpaired) electrons. The summed E-state index contributed by atoms with van der Waals surface area (Å²) >= 11 is 0. The van der Waals surface area contributed by atoms with E-state index in [1.807, 2.05) is 0 Å². The molecule has 0 saturated heterocycles. The van der Waals surface area contributed by atoms with Crippen LogP contribution in [0.3, 0.4) is 0 Å². The average molecular weight is 253 g/mol. The molecule has 1 N–H and O–H groups in total. The summed E-state index contributed by atoms with van der Waals surface area (Å²) in [7, 11) is 1.48. The van der Waals surface area contributed by atoms with E-state index < -0.39 is 0 Å². The fourth-order valence-corrected chi connectivity index (χ4v) is 3.29. The number of methoxy groups -OCH3 is 1. The van der Waals surface area contributed by atoms with Crippen LogP contribution in [0.5, 0.6) is 0 Å². The molecule has 2 aliphatic rings. The van der Waals surface area contributed by atoms with Gasteiger partial charge in [0.05, 0.1) is 7.11 Å². The third-order valence-corrected chi connectivity index (χ3v) is 4.54. The van der Waals surface area contributed by atoms with Gasteiger partial charge in [-0.2, -0.15) is 0 Å². The molecule has 0 bridgehead atoms. The summed E-state index contributed by atoms with van der Waals surface area (Å²) in [5, 5.41) is 3.54. The Morgan fingerprint density at radius 1 is 1.17 bits per heavy atom. The van der Waals surface area contributed by atoms with Crippen molar-refractivity contribution in [2.45, 2.75) is 64.5 Å².